The lowest BCUT2D eigenvalue weighted by Crippen LogP contribution is -2.43. The minimum Gasteiger partial charge on any atom is -0.508 e. The summed E-state index contributed by atoms with van der Waals surface area (Å²) in [6.07, 6.45) is 0.831. The van der Waals surface area contributed by atoms with Gasteiger partial charge in [-0.1, -0.05) is 30.3 Å². The lowest BCUT2D eigenvalue weighted by molar-refractivity contribution is 0.0667. The predicted octanol–water partition coefficient (Wildman–Crippen LogP) is 2.09. The summed E-state index contributed by atoms with van der Waals surface area (Å²) in [5, 5.41) is 9.55. The molecule has 1 unspecified atom stereocenters. The van der Waals surface area contributed by atoms with E-state index in [0.717, 1.165) is 12.0 Å². The Bertz CT molecular complexity index is 669. The molecule has 0 saturated carbocycles. The van der Waals surface area contributed by atoms with Crippen molar-refractivity contribution in [2.75, 3.05) is 13.1 Å². The van der Waals surface area contributed by atoms with Gasteiger partial charge >= 0.3 is 0 Å². The fourth-order valence-corrected chi connectivity index (χ4v) is 2.95. The average Bonchev–Trinajstić information content (AvgIpc) is 2.53. The molecule has 21 heavy (non-hydrogen) atoms. The number of hydrogen-bond acceptors (Lipinski definition) is 3. The van der Waals surface area contributed by atoms with Gasteiger partial charge in [-0.15, -0.1) is 0 Å². The molecular formula is C17H18N2O2. The van der Waals surface area contributed by atoms with Crippen LogP contribution in [0.1, 0.15) is 27.5 Å². The van der Waals surface area contributed by atoms with E-state index in [2.05, 4.69) is 6.07 Å². The van der Waals surface area contributed by atoms with Crippen LogP contribution in [0.5, 0.6) is 5.75 Å². The molecule has 0 bridgehead atoms. The summed E-state index contributed by atoms with van der Waals surface area (Å²) in [7, 11) is 0. The van der Waals surface area contributed by atoms with Gasteiger partial charge in [0.2, 0.25) is 0 Å². The molecule has 4 heteroatoms. The van der Waals surface area contributed by atoms with Crippen LogP contribution < -0.4 is 5.73 Å². The Morgan fingerprint density at radius 3 is 2.81 bits per heavy atom. The number of rotatable bonds is 2. The second-order valence-electron chi connectivity index (χ2n) is 5.25. The molecule has 1 heterocycles. The van der Waals surface area contributed by atoms with Crippen LogP contribution in [0, 0.1) is 0 Å². The van der Waals surface area contributed by atoms with Gasteiger partial charge in [-0.2, -0.15) is 0 Å². The third kappa shape index (κ3) is 2.50. The standard InChI is InChI=1S/C17H18N2O2/c18-11-16-15-7-2-1-4-12(15)8-9-19(16)17(21)13-5-3-6-14(20)10-13/h1-7,10,16,20H,8-9,11,18H2. The first-order chi connectivity index (χ1) is 10.2. The number of benzene rings is 2. The fraction of sp³-hybridized carbons (Fsp3) is 0.235. The second-order valence-corrected chi connectivity index (χ2v) is 5.25. The van der Waals surface area contributed by atoms with Crippen molar-refractivity contribution in [2.45, 2.75) is 12.5 Å². The number of nitrogens with zero attached hydrogens (tertiary/aromatic N) is 1. The van der Waals surface area contributed by atoms with Gasteiger partial charge in [-0.3, -0.25) is 4.79 Å². The largest absolute Gasteiger partial charge is 0.508 e. The number of hydrogen-bond donors (Lipinski definition) is 2. The molecule has 1 aliphatic rings. The molecule has 4 nitrogen and oxygen atoms in total. The first-order valence-corrected chi connectivity index (χ1v) is 7.08. The third-order valence-corrected chi connectivity index (χ3v) is 3.99. The lowest BCUT2D eigenvalue weighted by Gasteiger charge is -2.36. The summed E-state index contributed by atoms with van der Waals surface area (Å²) >= 11 is 0. The summed E-state index contributed by atoms with van der Waals surface area (Å²) in [5.74, 6) is 0.0124. The van der Waals surface area contributed by atoms with E-state index in [0.29, 0.717) is 18.7 Å². The third-order valence-electron chi connectivity index (χ3n) is 3.99. The Labute approximate surface area is 123 Å². The van der Waals surface area contributed by atoms with Crippen molar-refractivity contribution < 1.29 is 9.90 Å². The maximum atomic E-state index is 12.7. The van der Waals surface area contributed by atoms with Crippen LogP contribution in [0.3, 0.4) is 0 Å². The number of carbonyl (C=O) groups excluding carboxylic acids is 1. The SMILES string of the molecule is NCC1c2ccccc2CCN1C(=O)c1cccc(O)c1. The first-order valence-electron chi connectivity index (χ1n) is 7.08. The molecule has 3 N–H and O–H groups in total. The van der Waals surface area contributed by atoms with Crippen LogP contribution in [0.4, 0.5) is 0 Å². The number of fused-ring (bicyclic) bond motifs is 1. The Balaban J connectivity index is 1.94. The summed E-state index contributed by atoms with van der Waals surface area (Å²) in [6.45, 7) is 1.04. The smallest absolute Gasteiger partial charge is 0.254 e. The molecule has 3 rings (SSSR count). The van der Waals surface area contributed by atoms with Gasteiger partial charge in [0.05, 0.1) is 6.04 Å². The highest BCUT2D eigenvalue weighted by Gasteiger charge is 2.30. The van der Waals surface area contributed by atoms with Crippen LogP contribution in [0.25, 0.3) is 0 Å². The van der Waals surface area contributed by atoms with Crippen molar-refractivity contribution >= 4 is 5.91 Å². The molecule has 1 amide bonds. The summed E-state index contributed by atoms with van der Waals surface area (Å²) in [6, 6.07) is 14.5. The Hall–Kier alpha value is -2.33. The molecule has 0 aliphatic carbocycles. The molecule has 1 atom stereocenters. The van der Waals surface area contributed by atoms with Crippen molar-refractivity contribution in [3.05, 3.63) is 65.2 Å². The molecule has 0 aromatic heterocycles. The van der Waals surface area contributed by atoms with Gasteiger partial charge in [0.25, 0.3) is 5.91 Å². The van der Waals surface area contributed by atoms with Crippen LogP contribution in [0.2, 0.25) is 0 Å². The maximum absolute atomic E-state index is 12.7. The Morgan fingerprint density at radius 1 is 1.24 bits per heavy atom. The molecule has 0 radical (unpaired) electrons. The molecule has 108 valence electrons. The van der Waals surface area contributed by atoms with Gasteiger partial charge in [0, 0.05) is 18.7 Å². The van der Waals surface area contributed by atoms with Crippen LogP contribution in [-0.4, -0.2) is 29.0 Å². The summed E-state index contributed by atoms with van der Waals surface area (Å²) in [4.78, 5) is 14.5. The van der Waals surface area contributed by atoms with Crippen molar-refractivity contribution in [3.63, 3.8) is 0 Å². The zero-order valence-electron chi connectivity index (χ0n) is 11.7. The van der Waals surface area contributed by atoms with Gasteiger partial charge < -0.3 is 15.7 Å². The lowest BCUT2D eigenvalue weighted by atomic mass is 9.92. The molecule has 0 fully saturated rings. The van der Waals surface area contributed by atoms with Gasteiger partial charge in [0.15, 0.2) is 0 Å². The van der Waals surface area contributed by atoms with Crippen LogP contribution in [0.15, 0.2) is 48.5 Å². The second kappa shape index (κ2) is 5.58. The number of carbonyl (C=O) groups is 1. The van der Waals surface area contributed by atoms with E-state index in [-0.39, 0.29) is 17.7 Å². The van der Waals surface area contributed by atoms with Crippen molar-refractivity contribution in [1.82, 2.24) is 4.90 Å². The summed E-state index contributed by atoms with van der Waals surface area (Å²) < 4.78 is 0. The van der Waals surface area contributed by atoms with Crippen LogP contribution in [-0.2, 0) is 6.42 Å². The molecule has 0 saturated heterocycles. The van der Waals surface area contributed by atoms with Gasteiger partial charge in [-0.25, -0.2) is 0 Å². The van der Waals surface area contributed by atoms with E-state index in [1.165, 1.54) is 11.6 Å². The highest BCUT2D eigenvalue weighted by molar-refractivity contribution is 5.95. The van der Waals surface area contributed by atoms with E-state index < -0.39 is 0 Å². The average molecular weight is 282 g/mol. The van der Waals surface area contributed by atoms with Crippen molar-refractivity contribution in [3.8, 4) is 5.75 Å². The predicted molar refractivity (Wildman–Crippen MR) is 81.1 cm³/mol. The van der Waals surface area contributed by atoms with Crippen LogP contribution >= 0.6 is 0 Å². The highest BCUT2D eigenvalue weighted by Crippen LogP contribution is 2.30. The maximum Gasteiger partial charge on any atom is 0.254 e. The fourth-order valence-electron chi connectivity index (χ4n) is 2.95. The molecule has 2 aromatic rings. The zero-order valence-corrected chi connectivity index (χ0v) is 11.7. The van der Waals surface area contributed by atoms with Gasteiger partial charge in [0.1, 0.15) is 5.75 Å². The topological polar surface area (TPSA) is 66.6 Å². The highest BCUT2D eigenvalue weighted by atomic mass is 16.3. The van der Waals surface area contributed by atoms with E-state index in [1.807, 2.05) is 18.2 Å². The Kier molecular flexibility index (Phi) is 3.62. The number of nitrogens with two attached hydrogens (primary N) is 1. The van der Waals surface area contributed by atoms with E-state index in [9.17, 15) is 9.90 Å². The molecule has 0 spiro atoms. The number of phenolic OH excluding ortho intramolecular Hbond substituents is 1. The van der Waals surface area contributed by atoms with E-state index in [1.54, 1.807) is 23.1 Å². The normalized spacial score (nSPS) is 17.4. The number of phenols is 1. The van der Waals surface area contributed by atoms with Crippen molar-refractivity contribution in [1.29, 1.82) is 0 Å². The van der Waals surface area contributed by atoms with Crippen molar-refractivity contribution in [2.24, 2.45) is 5.73 Å². The molecular weight excluding hydrogens is 264 g/mol. The summed E-state index contributed by atoms with van der Waals surface area (Å²) in [5.41, 5.74) is 8.79. The monoisotopic (exact) mass is 282 g/mol. The van der Waals surface area contributed by atoms with E-state index in [4.69, 9.17) is 5.73 Å². The minimum atomic E-state index is -0.107. The quantitative estimate of drug-likeness (QED) is 0.886. The molecule has 2 aromatic carbocycles. The first kappa shape index (κ1) is 13.6. The minimum absolute atomic E-state index is 0.0872. The number of aromatic hydroxyl groups is 1. The zero-order chi connectivity index (χ0) is 14.8. The van der Waals surface area contributed by atoms with Gasteiger partial charge in [-0.05, 0) is 35.7 Å². The van der Waals surface area contributed by atoms with E-state index >= 15 is 0 Å². The molecule has 1 aliphatic heterocycles. The number of amides is 1. The Morgan fingerprint density at radius 2 is 2.05 bits per heavy atom.